The van der Waals surface area contributed by atoms with Gasteiger partial charge in [-0.3, -0.25) is 4.79 Å². The smallest absolute Gasteiger partial charge is 0.338 e. The Morgan fingerprint density at radius 1 is 1.06 bits per heavy atom. The van der Waals surface area contributed by atoms with E-state index in [1.54, 1.807) is 18.2 Å². The summed E-state index contributed by atoms with van der Waals surface area (Å²) in [5.74, 6) is -0.740. The lowest BCUT2D eigenvalue weighted by Crippen LogP contribution is -2.27. The molecular formula is C27H25N3O4. The highest BCUT2D eigenvalue weighted by molar-refractivity contribution is 6.54. The molecule has 34 heavy (non-hydrogen) atoms. The SMILES string of the molecule is COC(=O)c1ccccc1CON=C1C(=O)Nc2c1cc(-c1ccccc1)c1c2CN(C)CC1. The van der Waals surface area contributed by atoms with Gasteiger partial charge < -0.3 is 19.8 Å². The fourth-order valence-electron chi connectivity index (χ4n) is 4.60. The van der Waals surface area contributed by atoms with Crippen molar-refractivity contribution in [2.45, 2.75) is 19.6 Å². The zero-order valence-corrected chi connectivity index (χ0v) is 19.1. The number of anilines is 1. The standard InChI is InChI=1S/C27H25N3O4/c1-30-13-12-20-21(17-8-4-3-5-9-17)14-22-24(23(20)15-30)28-26(31)25(22)29-34-16-18-10-6-7-11-19(18)27(32)33-2/h3-11,14H,12-13,15-16H2,1-2H3,(H,28,29,31). The number of hydrogen-bond acceptors (Lipinski definition) is 6. The third kappa shape index (κ3) is 3.95. The summed E-state index contributed by atoms with van der Waals surface area (Å²) in [5, 5.41) is 7.22. The predicted octanol–water partition coefficient (Wildman–Crippen LogP) is 4.00. The molecule has 172 valence electrons. The van der Waals surface area contributed by atoms with Gasteiger partial charge in [-0.15, -0.1) is 0 Å². The number of amides is 1. The number of benzene rings is 3. The van der Waals surface area contributed by atoms with Gasteiger partial charge >= 0.3 is 5.97 Å². The van der Waals surface area contributed by atoms with Crippen LogP contribution >= 0.6 is 0 Å². The summed E-state index contributed by atoms with van der Waals surface area (Å²) >= 11 is 0. The van der Waals surface area contributed by atoms with E-state index in [4.69, 9.17) is 9.57 Å². The van der Waals surface area contributed by atoms with Crippen molar-refractivity contribution in [3.05, 3.63) is 88.5 Å². The molecule has 2 aliphatic heterocycles. The van der Waals surface area contributed by atoms with Crippen LogP contribution in [0.3, 0.4) is 0 Å². The van der Waals surface area contributed by atoms with Gasteiger partial charge in [0.1, 0.15) is 6.61 Å². The van der Waals surface area contributed by atoms with Crippen molar-refractivity contribution < 1.29 is 19.2 Å². The number of nitrogens with one attached hydrogen (secondary N) is 1. The number of ether oxygens (including phenoxy) is 1. The molecule has 0 bridgehead atoms. The second kappa shape index (κ2) is 9.11. The summed E-state index contributed by atoms with van der Waals surface area (Å²) < 4.78 is 4.84. The lowest BCUT2D eigenvalue weighted by Gasteiger charge is -2.29. The van der Waals surface area contributed by atoms with Crippen LogP contribution in [0.2, 0.25) is 0 Å². The number of carbonyl (C=O) groups excluding carboxylic acids is 2. The molecule has 7 heteroatoms. The van der Waals surface area contributed by atoms with Crippen LogP contribution < -0.4 is 5.32 Å². The summed E-state index contributed by atoms with van der Waals surface area (Å²) in [6, 6.07) is 19.3. The van der Waals surface area contributed by atoms with Crippen molar-refractivity contribution in [3.8, 4) is 11.1 Å². The first-order valence-corrected chi connectivity index (χ1v) is 11.2. The maximum atomic E-state index is 12.9. The molecule has 0 spiro atoms. The lowest BCUT2D eigenvalue weighted by molar-refractivity contribution is -0.110. The van der Waals surface area contributed by atoms with Crippen molar-refractivity contribution in [2.24, 2.45) is 5.16 Å². The van der Waals surface area contributed by atoms with E-state index in [1.807, 2.05) is 30.3 Å². The number of rotatable bonds is 5. The van der Waals surface area contributed by atoms with Crippen molar-refractivity contribution in [2.75, 3.05) is 26.0 Å². The number of nitrogens with zero attached hydrogens (tertiary/aromatic N) is 2. The molecule has 7 nitrogen and oxygen atoms in total. The first-order valence-electron chi connectivity index (χ1n) is 11.2. The Morgan fingerprint density at radius 3 is 2.62 bits per heavy atom. The number of likely N-dealkylation sites (N-methyl/N-ethyl adjacent to an activating group) is 1. The van der Waals surface area contributed by atoms with Gasteiger partial charge in [0.25, 0.3) is 5.91 Å². The van der Waals surface area contributed by atoms with Crippen molar-refractivity contribution in [1.82, 2.24) is 4.90 Å². The monoisotopic (exact) mass is 455 g/mol. The largest absolute Gasteiger partial charge is 0.465 e. The Bertz CT molecular complexity index is 1300. The highest BCUT2D eigenvalue weighted by atomic mass is 16.6. The summed E-state index contributed by atoms with van der Waals surface area (Å²) in [5.41, 5.74) is 7.43. The third-order valence-electron chi connectivity index (χ3n) is 6.31. The van der Waals surface area contributed by atoms with E-state index in [-0.39, 0.29) is 18.2 Å². The molecule has 1 N–H and O–H groups in total. The number of oxime groups is 1. The second-order valence-corrected chi connectivity index (χ2v) is 8.47. The molecular weight excluding hydrogens is 430 g/mol. The third-order valence-corrected chi connectivity index (χ3v) is 6.31. The first-order chi connectivity index (χ1) is 16.6. The minimum atomic E-state index is -0.445. The summed E-state index contributed by atoms with van der Waals surface area (Å²) in [4.78, 5) is 32.8. The Hall–Kier alpha value is -3.97. The zero-order chi connectivity index (χ0) is 23.7. The molecule has 0 saturated heterocycles. The average molecular weight is 456 g/mol. The van der Waals surface area contributed by atoms with Crippen molar-refractivity contribution >= 4 is 23.3 Å². The molecule has 2 heterocycles. The molecule has 0 unspecified atom stereocenters. The minimum Gasteiger partial charge on any atom is -0.465 e. The molecule has 0 fully saturated rings. The van der Waals surface area contributed by atoms with Crippen LogP contribution in [0.5, 0.6) is 0 Å². The van der Waals surface area contributed by atoms with E-state index in [0.29, 0.717) is 11.1 Å². The van der Waals surface area contributed by atoms with Gasteiger partial charge in [-0.1, -0.05) is 53.7 Å². The van der Waals surface area contributed by atoms with E-state index >= 15 is 0 Å². The normalized spacial score (nSPS) is 16.1. The van der Waals surface area contributed by atoms with Crippen LogP contribution in [-0.2, 0) is 33.9 Å². The Kier molecular flexibility index (Phi) is 5.86. The topological polar surface area (TPSA) is 80.2 Å². The molecule has 0 radical (unpaired) electrons. The van der Waals surface area contributed by atoms with Gasteiger partial charge in [0.05, 0.1) is 18.4 Å². The molecule has 0 saturated carbocycles. The maximum absolute atomic E-state index is 12.9. The van der Waals surface area contributed by atoms with E-state index in [2.05, 4.69) is 34.6 Å². The maximum Gasteiger partial charge on any atom is 0.338 e. The Labute approximate surface area is 198 Å². The van der Waals surface area contributed by atoms with Gasteiger partial charge in [-0.25, -0.2) is 4.79 Å². The fraction of sp³-hybridized carbons (Fsp3) is 0.222. The molecule has 0 aliphatic carbocycles. The second-order valence-electron chi connectivity index (χ2n) is 8.47. The number of methoxy groups -OCH3 is 1. The lowest BCUT2D eigenvalue weighted by atomic mass is 9.87. The first kappa shape index (κ1) is 21.9. The van der Waals surface area contributed by atoms with Crippen LogP contribution in [0.25, 0.3) is 11.1 Å². The van der Waals surface area contributed by atoms with Crippen LogP contribution in [0, 0.1) is 0 Å². The van der Waals surface area contributed by atoms with Gasteiger partial charge in [0, 0.05) is 24.2 Å². The van der Waals surface area contributed by atoms with Gasteiger partial charge in [-0.05, 0) is 47.9 Å². The molecule has 3 aromatic rings. The van der Waals surface area contributed by atoms with Gasteiger partial charge in [-0.2, -0.15) is 0 Å². The molecule has 0 atom stereocenters. The quantitative estimate of drug-likeness (QED) is 0.465. The van der Waals surface area contributed by atoms with E-state index in [0.717, 1.165) is 47.5 Å². The number of hydrogen-bond donors (Lipinski definition) is 1. The zero-order valence-electron chi connectivity index (χ0n) is 19.1. The Morgan fingerprint density at radius 2 is 1.82 bits per heavy atom. The summed E-state index contributed by atoms with van der Waals surface area (Å²) in [6.07, 6.45) is 0.909. The van der Waals surface area contributed by atoms with Crippen molar-refractivity contribution in [1.29, 1.82) is 0 Å². The molecule has 0 aromatic heterocycles. The highest BCUT2D eigenvalue weighted by Crippen LogP contribution is 2.40. The van der Waals surface area contributed by atoms with E-state index in [9.17, 15) is 9.59 Å². The van der Waals surface area contributed by atoms with Gasteiger partial charge in [0.15, 0.2) is 5.71 Å². The minimum absolute atomic E-state index is 0.0383. The number of fused-ring (bicyclic) bond motifs is 3. The van der Waals surface area contributed by atoms with Crippen LogP contribution in [-0.4, -0.2) is 43.2 Å². The molecule has 2 aliphatic rings. The molecule has 1 amide bonds. The van der Waals surface area contributed by atoms with Crippen LogP contribution in [0.15, 0.2) is 65.8 Å². The number of carbonyl (C=O) groups is 2. The van der Waals surface area contributed by atoms with E-state index < -0.39 is 5.97 Å². The summed E-state index contributed by atoms with van der Waals surface area (Å²) in [6.45, 7) is 1.75. The fourth-order valence-corrected chi connectivity index (χ4v) is 4.60. The average Bonchev–Trinajstić information content (AvgIpc) is 3.19. The van der Waals surface area contributed by atoms with Crippen LogP contribution in [0.4, 0.5) is 5.69 Å². The Balaban J connectivity index is 1.52. The summed E-state index contributed by atoms with van der Waals surface area (Å²) in [7, 11) is 3.42. The van der Waals surface area contributed by atoms with Crippen LogP contribution in [0.1, 0.15) is 32.6 Å². The molecule has 5 rings (SSSR count). The predicted molar refractivity (Wildman–Crippen MR) is 130 cm³/mol. The highest BCUT2D eigenvalue weighted by Gasteiger charge is 2.33. The van der Waals surface area contributed by atoms with Gasteiger partial charge in [0.2, 0.25) is 0 Å². The van der Waals surface area contributed by atoms with E-state index in [1.165, 1.54) is 12.7 Å². The van der Waals surface area contributed by atoms with Crippen molar-refractivity contribution in [3.63, 3.8) is 0 Å². The number of esters is 1. The molecule has 3 aromatic carbocycles.